The molecule has 144 valence electrons. The van der Waals surface area contributed by atoms with E-state index in [0.29, 0.717) is 10.7 Å². The molecule has 0 bridgehead atoms. The third-order valence-corrected chi connectivity index (χ3v) is 5.37. The van der Waals surface area contributed by atoms with Gasteiger partial charge in [0.1, 0.15) is 5.60 Å². The average Bonchev–Trinajstić information content (AvgIpc) is 2.56. The van der Waals surface area contributed by atoms with Crippen LogP contribution in [-0.4, -0.2) is 50.4 Å². The van der Waals surface area contributed by atoms with E-state index in [1.165, 1.54) is 18.0 Å². The van der Waals surface area contributed by atoms with Gasteiger partial charge >= 0.3 is 0 Å². The number of carbonyl (C=O) groups is 1. The molecule has 0 radical (unpaired) electrons. The Morgan fingerprint density at radius 1 is 1.41 bits per heavy atom. The Kier molecular flexibility index (Phi) is 5.31. The molecule has 1 aromatic heterocycles. The number of hydrogen-bond acceptors (Lipinski definition) is 6. The number of halogens is 2. The van der Waals surface area contributed by atoms with Crippen molar-refractivity contribution in [2.45, 2.75) is 18.6 Å². The zero-order valence-electron chi connectivity index (χ0n) is 14.7. The molecule has 0 spiro atoms. The first kappa shape index (κ1) is 19.8. The lowest BCUT2D eigenvalue weighted by Gasteiger charge is -2.48. The van der Waals surface area contributed by atoms with E-state index in [2.05, 4.69) is 26.3 Å². The second kappa shape index (κ2) is 7.23. The summed E-state index contributed by atoms with van der Waals surface area (Å²) < 4.78 is 1.88. The predicted octanol–water partition coefficient (Wildman–Crippen LogP) is 1.47. The van der Waals surface area contributed by atoms with Crippen molar-refractivity contribution in [1.82, 2.24) is 14.7 Å². The summed E-state index contributed by atoms with van der Waals surface area (Å²) in [6, 6.07) is 6.02. The van der Waals surface area contributed by atoms with Gasteiger partial charge in [-0.2, -0.15) is 5.10 Å². The number of anilines is 2. The highest BCUT2D eigenvalue weighted by molar-refractivity contribution is 9.10. The Labute approximate surface area is 169 Å². The first-order chi connectivity index (χ1) is 12.6. The van der Waals surface area contributed by atoms with Crippen LogP contribution < -0.4 is 16.6 Å². The fraction of sp³-hybridized carbons (Fsp3) is 0.353. The van der Waals surface area contributed by atoms with E-state index < -0.39 is 17.6 Å². The topological polar surface area (TPSA) is 113 Å². The van der Waals surface area contributed by atoms with Crippen LogP contribution in [0, 0.1) is 0 Å². The number of likely N-dealkylation sites (tertiary alicyclic amines) is 1. The average molecular weight is 457 g/mol. The van der Waals surface area contributed by atoms with Gasteiger partial charge in [0.15, 0.2) is 5.69 Å². The van der Waals surface area contributed by atoms with E-state index in [9.17, 15) is 14.7 Å². The van der Waals surface area contributed by atoms with Crippen molar-refractivity contribution >= 4 is 44.8 Å². The molecule has 2 aromatic rings. The lowest BCUT2D eigenvalue weighted by atomic mass is 9.87. The minimum atomic E-state index is -1.11. The van der Waals surface area contributed by atoms with E-state index in [-0.39, 0.29) is 30.0 Å². The molecule has 4 N–H and O–H groups in total. The molecule has 27 heavy (non-hydrogen) atoms. The number of nitrogens with two attached hydrogens (primary N) is 1. The maximum absolute atomic E-state index is 12.9. The van der Waals surface area contributed by atoms with E-state index in [0.717, 1.165) is 9.15 Å². The number of rotatable bonds is 4. The highest BCUT2D eigenvalue weighted by Crippen LogP contribution is 2.31. The highest BCUT2D eigenvalue weighted by atomic mass is 79.9. The van der Waals surface area contributed by atoms with Gasteiger partial charge < -0.3 is 21.1 Å². The lowest BCUT2D eigenvalue weighted by molar-refractivity contribution is -0.0933. The number of aliphatic hydroxyl groups is 1. The Hall–Kier alpha value is -1.94. The quantitative estimate of drug-likeness (QED) is 0.642. The molecule has 10 heteroatoms. The number of hydrogen-bond donors (Lipinski definition) is 3. The van der Waals surface area contributed by atoms with Crippen LogP contribution in [0.3, 0.4) is 0 Å². The van der Waals surface area contributed by atoms with Crippen molar-refractivity contribution in [2.24, 2.45) is 12.8 Å². The molecule has 1 unspecified atom stereocenters. The highest BCUT2D eigenvalue weighted by Gasteiger charge is 2.47. The maximum Gasteiger partial charge on any atom is 0.276 e. The summed E-state index contributed by atoms with van der Waals surface area (Å²) in [5, 5.41) is 17.8. The lowest BCUT2D eigenvalue weighted by Crippen LogP contribution is -2.70. The molecule has 1 aliphatic heterocycles. The summed E-state index contributed by atoms with van der Waals surface area (Å²) in [6.07, 6.45) is 0. The molecule has 1 saturated heterocycles. The van der Waals surface area contributed by atoms with Crippen LogP contribution in [0.4, 0.5) is 11.4 Å². The minimum absolute atomic E-state index is 0.0582. The monoisotopic (exact) mass is 455 g/mol. The molecule has 8 nitrogen and oxygen atoms in total. The fourth-order valence-electron chi connectivity index (χ4n) is 2.72. The van der Waals surface area contributed by atoms with Crippen LogP contribution in [0.2, 0.25) is 5.02 Å². The maximum atomic E-state index is 12.9. The van der Waals surface area contributed by atoms with Crippen molar-refractivity contribution in [1.29, 1.82) is 0 Å². The molecule has 0 aliphatic carbocycles. The van der Waals surface area contributed by atoms with Crippen molar-refractivity contribution < 1.29 is 9.90 Å². The Balaban J connectivity index is 1.92. The molecule has 1 fully saturated rings. The van der Waals surface area contributed by atoms with Gasteiger partial charge in [0.05, 0.1) is 29.5 Å². The number of amides is 1. The summed E-state index contributed by atoms with van der Waals surface area (Å²) >= 11 is 9.54. The molecule has 1 aliphatic rings. The van der Waals surface area contributed by atoms with Gasteiger partial charge in [-0.25, -0.2) is 4.68 Å². The number of aryl methyl sites for hydroxylation is 1. The van der Waals surface area contributed by atoms with Gasteiger partial charge in [0.2, 0.25) is 0 Å². The molecule has 1 atom stereocenters. The van der Waals surface area contributed by atoms with Gasteiger partial charge in [-0.05, 0) is 25.1 Å². The number of carbonyl (C=O) groups excluding carboxylic acids is 1. The molecular weight excluding hydrogens is 438 g/mol. The second-order valence-corrected chi connectivity index (χ2v) is 7.99. The van der Waals surface area contributed by atoms with Crippen molar-refractivity contribution in [3.8, 4) is 0 Å². The third kappa shape index (κ3) is 3.86. The number of benzene rings is 1. The summed E-state index contributed by atoms with van der Waals surface area (Å²) in [7, 11) is 1.46. The SMILES string of the molecule is CC(N)C1(O)CN(C(=O)c2nn(C)c(=O)cc2Nc2ccc(Br)cc2Cl)C1. The standard InChI is InChI=1S/C17H19BrClN5O3/c1-9(20)17(27)7-24(8-17)16(26)15-13(6-14(25)23(2)22-15)21-12-4-3-10(18)5-11(12)19/h3-6,9,21,27H,7-8,20H2,1-2H3. The van der Waals surface area contributed by atoms with E-state index >= 15 is 0 Å². The molecule has 2 heterocycles. The fourth-order valence-corrected chi connectivity index (χ4v) is 3.44. The Bertz CT molecular complexity index is 956. The molecule has 3 rings (SSSR count). The van der Waals surface area contributed by atoms with Crippen molar-refractivity contribution in [2.75, 3.05) is 18.4 Å². The van der Waals surface area contributed by atoms with Crippen LogP contribution in [0.15, 0.2) is 33.5 Å². The summed E-state index contributed by atoms with van der Waals surface area (Å²) in [5.74, 6) is -0.411. The zero-order valence-corrected chi connectivity index (χ0v) is 17.1. The van der Waals surface area contributed by atoms with Gasteiger partial charge in [-0.15, -0.1) is 0 Å². The molecular formula is C17H19BrClN5O3. The van der Waals surface area contributed by atoms with Crippen LogP contribution >= 0.6 is 27.5 Å². The van der Waals surface area contributed by atoms with Crippen LogP contribution in [-0.2, 0) is 7.05 Å². The van der Waals surface area contributed by atoms with E-state index in [1.54, 1.807) is 25.1 Å². The summed E-state index contributed by atoms with van der Waals surface area (Å²) in [4.78, 5) is 26.3. The first-order valence-electron chi connectivity index (χ1n) is 8.18. The smallest absolute Gasteiger partial charge is 0.276 e. The van der Waals surface area contributed by atoms with Crippen LogP contribution in [0.1, 0.15) is 17.4 Å². The largest absolute Gasteiger partial charge is 0.385 e. The van der Waals surface area contributed by atoms with Gasteiger partial charge in [0.25, 0.3) is 11.5 Å². The Morgan fingerprint density at radius 2 is 2.07 bits per heavy atom. The first-order valence-corrected chi connectivity index (χ1v) is 9.35. The van der Waals surface area contributed by atoms with E-state index in [4.69, 9.17) is 17.3 Å². The molecule has 0 saturated carbocycles. The van der Waals surface area contributed by atoms with Crippen LogP contribution in [0.5, 0.6) is 0 Å². The number of nitrogens with one attached hydrogen (secondary N) is 1. The molecule has 1 amide bonds. The number of β-amino-alcohol motifs (C(OH)–C–C–N with tert-alkyl or cyclic N) is 1. The minimum Gasteiger partial charge on any atom is -0.385 e. The third-order valence-electron chi connectivity index (χ3n) is 4.56. The number of aromatic nitrogens is 2. The van der Waals surface area contributed by atoms with Gasteiger partial charge in [0, 0.05) is 23.6 Å². The molecule has 1 aromatic carbocycles. The summed E-state index contributed by atoms with van der Waals surface area (Å²) in [5.41, 5.74) is 5.09. The zero-order chi connectivity index (χ0) is 19.9. The number of nitrogens with zero attached hydrogens (tertiary/aromatic N) is 3. The second-order valence-electron chi connectivity index (χ2n) is 6.67. The Morgan fingerprint density at radius 3 is 2.67 bits per heavy atom. The van der Waals surface area contributed by atoms with Crippen LogP contribution in [0.25, 0.3) is 0 Å². The van der Waals surface area contributed by atoms with Crippen molar-refractivity contribution in [3.63, 3.8) is 0 Å². The van der Waals surface area contributed by atoms with E-state index in [1.807, 2.05) is 0 Å². The van der Waals surface area contributed by atoms with Gasteiger partial charge in [-0.1, -0.05) is 27.5 Å². The predicted molar refractivity (Wildman–Crippen MR) is 106 cm³/mol. The van der Waals surface area contributed by atoms with Gasteiger partial charge in [-0.3, -0.25) is 9.59 Å². The van der Waals surface area contributed by atoms with Crippen molar-refractivity contribution in [3.05, 3.63) is 49.8 Å². The summed E-state index contributed by atoms with van der Waals surface area (Å²) in [6.45, 7) is 1.90. The normalized spacial score (nSPS) is 16.6.